The highest BCUT2D eigenvalue weighted by Gasteiger charge is 2.20. The van der Waals surface area contributed by atoms with Crippen LogP contribution in [0.25, 0.3) is 0 Å². The molecular formula is C13H17FN2O2. The van der Waals surface area contributed by atoms with Crippen LogP contribution in [0.1, 0.15) is 17.3 Å². The summed E-state index contributed by atoms with van der Waals surface area (Å²) in [5, 5.41) is 2.50. The third-order valence-electron chi connectivity index (χ3n) is 2.84. The molecule has 0 spiro atoms. The van der Waals surface area contributed by atoms with E-state index in [2.05, 4.69) is 5.32 Å². The summed E-state index contributed by atoms with van der Waals surface area (Å²) in [5.41, 5.74) is 0.438. The number of nitrogens with zero attached hydrogens (tertiary/aromatic N) is 1. The molecule has 98 valence electrons. The van der Waals surface area contributed by atoms with Crippen molar-refractivity contribution in [3.63, 3.8) is 0 Å². The highest BCUT2D eigenvalue weighted by molar-refractivity contribution is 6.00. The van der Waals surface area contributed by atoms with Gasteiger partial charge in [-0.2, -0.15) is 0 Å². The second-order valence-corrected chi connectivity index (χ2v) is 4.14. The average Bonchev–Trinajstić information content (AvgIpc) is 2.37. The molecular weight excluding hydrogens is 235 g/mol. The van der Waals surface area contributed by atoms with Crippen LogP contribution in [0, 0.1) is 5.82 Å². The summed E-state index contributed by atoms with van der Waals surface area (Å²) in [4.78, 5) is 24.9. The Hall–Kier alpha value is -1.75. The maximum Gasteiger partial charge on any atom is 0.233 e. The first-order chi connectivity index (χ1) is 8.45. The van der Waals surface area contributed by atoms with Crippen molar-refractivity contribution >= 4 is 11.7 Å². The minimum absolute atomic E-state index is 0.138. The van der Waals surface area contributed by atoms with Gasteiger partial charge in [0.05, 0.1) is 12.6 Å². The molecule has 4 nitrogen and oxygen atoms in total. The van der Waals surface area contributed by atoms with Gasteiger partial charge in [0.25, 0.3) is 0 Å². The monoisotopic (exact) mass is 252 g/mol. The molecule has 0 saturated carbocycles. The van der Waals surface area contributed by atoms with Gasteiger partial charge in [0.15, 0.2) is 5.78 Å². The Kier molecular flexibility index (Phi) is 4.97. The van der Waals surface area contributed by atoms with Crippen LogP contribution in [0.15, 0.2) is 24.3 Å². The molecule has 1 N–H and O–H groups in total. The first kappa shape index (κ1) is 14.3. The molecule has 1 aromatic carbocycles. The molecule has 18 heavy (non-hydrogen) atoms. The van der Waals surface area contributed by atoms with Gasteiger partial charge in [-0.15, -0.1) is 0 Å². The van der Waals surface area contributed by atoms with E-state index in [-0.39, 0.29) is 24.1 Å². The van der Waals surface area contributed by atoms with E-state index in [1.165, 1.54) is 24.3 Å². The Morgan fingerprint density at radius 3 is 2.39 bits per heavy atom. The largest absolute Gasteiger partial charge is 0.358 e. The predicted molar refractivity (Wildman–Crippen MR) is 66.9 cm³/mol. The van der Waals surface area contributed by atoms with Crippen molar-refractivity contribution in [1.29, 1.82) is 0 Å². The third kappa shape index (κ3) is 3.63. The lowest BCUT2D eigenvalue weighted by atomic mass is 10.0. The number of carbonyl (C=O) groups excluding carboxylic acids is 2. The maximum absolute atomic E-state index is 12.8. The van der Waals surface area contributed by atoms with Gasteiger partial charge in [0.2, 0.25) is 5.91 Å². The Morgan fingerprint density at radius 2 is 1.89 bits per heavy atom. The number of nitrogens with one attached hydrogen (secondary N) is 1. The smallest absolute Gasteiger partial charge is 0.233 e. The molecule has 1 atom stereocenters. The number of hydrogen-bond acceptors (Lipinski definition) is 3. The minimum atomic E-state index is -0.437. The SMILES string of the molecule is CNC(=O)CN(C)C(C)C(=O)c1ccc(F)cc1. The molecule has 1 aromatic rings. The van der Waals surface area contributed by atoms with Crippen LogP contribution in [-0.4, -0.2) is 43.3 Å². The van der Waals surface area contributed by atoms with Crippen molar-refractivity contribution in [2.45, 2.75) is 13.0 Å². The zero-order valence-corrected chi connectivity index (χ0v) is 10.7. The zero-order valence-electron chi connectivity index (χ0n) is 10.7. The molecule has 0 aliphatic heterocycles. The number of Topliss-reactive ketones (excluding diaryl/α,β-unsaturated/α-hetero) is 1. The number of ketones is 1. The topological polar surface area (TPSA) is 49.4 Å². The van der Waals surface area contributed by atoms with Crippen LogP contribution in [-0.2, 0) is 4.79 Å². The lowest BCUT2D eigenvalue weighted by molar-refractivity contribution is -0.121. The number of benzene rings is 1. The standard InChI is InChI=1S/C13H17FN2O2/c1-9(16(3)8-12(17)15-2)13(18)10-4-6-11(14)7-5-10/h4-7,9H,8H2,1-3H3,(H,15,17). The van der Waals surface area contributed by atoms with E-state index in [1.807, 2.05) is 0 Å². The van der Waals surface area contributed by atoms with Crippen molar-refractivity contribution < 1.29 is 14.0 Å². The maximum atomic E-state index is 12.8. The summed E-state index contributed by atoms with van der Waals surface area (Å²) >= 11 is 0. The molecule has 0 heterocycles. The van der Waals surface area contributed by atoms with E-state index in [4.69, 9.17) is 0 Å². The quantitative estimate of drug-likeness (QED) is 0.798. The summed E-state index contributed by atoms with van der Waals surface area (Å²) in [7, 11) is 3.24. The fourth-order valence-corrected chi connectivity index (χ4v) is 1.50. The van der Waals surface area contributed by atoms with Crippen molar-refractivity contribution in [1.82, 2.24) is 10.2 Å². The van der Waals surface area contributed by atoms with Gasteiger partial charge in [-0.05, 0) is 38.2 Å². The Morgan fingerprint density at radius 1 is 1.33 bits per heavy atom. The number of hydrogen-bond donors (Lipinski definition) is 1. The number of amides is 1. The molecule has 5 heteroatoms. The van der Waals surface area contributed by atoms with Gasteiger partial charge < -0.3 is 5.32 Å². The summed E-state index contributed by atoms with van der Waals surface area (Å²) in [6, 6.07) is 4.95. The van der Waals surface area contributed by atoms with E-state index >= 15 is 0 Å². The number of likely N-dealkylation sites (N-methyl/N-ethyl adjacent to an activating group) is 2. The Balaban J connectivity index is 2.71. The van der Waals surface area contributed by atoms with E-state index in [9.17, 15) is 14.0 Å². The van der Waals surface area contributed by atoms with E-state index in [0.717, 1.165) is 0 Å². The van der Waals surface area contributed by atoms with Crippen LogP contribution in [0.5, 0.6) is 0 Å². The van der Waals surface area contributed by atoms with Gasteiger partial charge in [0.1, 0.15) is 5.82 Å². The summed E-state index contributed by atoms with van der Waals surface area (Å²) in [5.74, 6) is -0.671. The average molecular weight is 252 g/mol. The normalized spacial score (nSPS) is 12.3. The lowest BCUT2D eigenvalue weighted by Gasteiger charge is -2.22. The fraction of sp³-hybridized carbons (Fsp3) is 0.385. The lowest BCUT2D eigenvalue weighted by Crippen LogP contribution is -2.42. The molecule has 0 radical (unpaired) electrons. The van der Waals surface area contributed by atoms with Crippen LogP contribution < -0.4 is 5.32 Å². The number of rotatable bonds is 5. The molecule has 1 amide bonds. The van der Waals surface area contributed by atoms with Crippen molar-refractivity contribution in [3.05, 3.63) is 35.6 Å². The molecule has 0 bridgehead atoms. The highest BCUT2D eigenvalue weighted by Crippen LogP contribution is 2.09. The van der Waals surface area contributed by atoms with E-state index in [0.29, 0.717) is 5.56 Å². The number of halogens is 1. The summed E-state index contributed by atoms with van der Waals surface area (Å²) in [6.45, 7) is 1.86. The zero-order chi connectivity index (χ0) is 13.7. The second kappa shape index (κ2) is 6.26. The molecule has 0 aliphatic rings. The van der Waals surface area contributed by atoms with E-state index in [1.54, 1.807) is 25.9 Å². The highest BCUT2D eigenvalue weighted by atomic mass is 19.1. The van der Waals surface area contributed by atoms with Gasteiger partial charge in [-0.25, -0.2) is 4.39 Å². The number of carbonyl (C=O) groups is 2. The molecule has 0 aromatic heterocycles. The van der Waals surface area contributed by atoms with Crippen LogP contribution in [0.2, 0.25) is 0 Å². The third-order valence-corrected chi connectivity index (χ3v) is 2.84. The predicted octanol–water partition coefficient (Wildman–Crippen LogP) is 1.07. The van der Waals surface area contributed by atoms with E-state index < -0.39 is 6.04 Å². The van der Waals surface area contributed by atoms with Crippen molar-refractivity contribution in [2.75, 3.05) is 20.6 Å². The van der Waals surface area contributed by atoms with Gasteiger partial charge in [0, 0.05) is 12.6 Å². The molecule has 0 aliphatic carbocycles. The van der Waals surface area contributed by atoms with Crippen LogP contribution >= 0.6 is 0 Å². The van der Waals surface area contributed by atoms with Crippen LogP contribution in [0.4, 0.5) is 4.39 Å². The van der Waals surface area contributed by atoms with Gasteiger partial charge in [-0.1, -0.05) is 0 Å². The van der Waals surface area contributed by atoms with Gasteiger partial charge >= 0.3 is 0 Å². The van der Waals surface area contributed by atoms with Crippen molar-refractivity contribution in [2.24, 2.45) is 0 Å². The Labute approximate surface area is 106 Å². The summed E-state index contributed by atoms with van der Waals surface area (Å²) < 4.78 is 12.8. The Bertz CT molecular complexity index is 431. The van der Waals surface area contributed by atoms with Gasteiger partial charge in [-0.3, -0.25) is 14.5 Å². The molecule has 1 unspecified atom stereocenters. The first-order valence-corrected chi connectivity index (χ1v) is 5.66. The summed E-state index contributed by atoms with van der Waals surface area (Å²) in [6.07, 6.45) is 0. The molecule has 0 saturated heterocycles. The molecule has 0 fully saturated rings. The fourth-order valence-electron chi connectivity index (χ4n) is 1.50. The van der Waals surface area contributed by atoms with Crippen LogP contribution in [0.3, 0.4) is 0 Å². The van der Waals surface area contributed by atoms with Crippen molar-refractivity contribution in [3.8, 4) is 0 Å². The second-order valence-electron chi connectivity index (χ2n) is 4.14. The first-order valence-electron chi connectivity index (χ1n) is 5.66. The molecule has 1 rings (SSSR count). The minimum Gasteiger partial charge on any atom is -0.358 e.